The van der Waals surface area contributed by atoms with Crippen LogP contribution in [0.25, 0.3) is 0 Å². The molecular weight excluding hydrogens is 240 g/mol. The Morgan fingerprint density at radius 1 is 1.05 bits per heavy atom. The van der Waals surface area contributed by atoms with E-state index < -0.39 is 0 Å². The zero-order chi connectivity index (χ0) is 14.1. The predicted molar refractivity (Wildman–Crippen MR) is 81.5 cm³/mol. The Labute approximate surface area is 115 Å². The fraction of sp³-hybridized carbons (Fsp3) is 0.692. The molecule has 0 aliphatic carbocycles. The minimum Gasteiger partial charge on any atom is -0.370 e. The van der Waals surface area contributed by atoms with Gasteiger partial charge in [-0.3, -0.25) is 0 Å². The minimum atomic E-state index is 0.298. The summed E-state index contributed by atoms with van der Waals surface area (Å²) in [4.78, 5) is 10.7. The molecule has 0 fully saturated rings. The number of aromatic nitrogens is 2. The van der Waals surface area contributed by atoms with E-state index in [1.54, 1.807) is 0 Å². The lowest BCUT2D eigenvalue weighted by atomic mass is 10.4. The first-order chi connectivity index (χ1) is 9.19. The van der Waals surface area contributed by atoms with Gasteiger partial charge < -0.3 is 21.3 Å². The van der Waals surface area contributed by atoms with Crippen LogP contribution in [-0.4, -0.2) is 47.6 Å². The van der Waals surface area contributed by atoms with Crippen molar-refractivity contribution in [3.63, 3.8) is 0 Å². The molecule has 0 atom stereocenters. The van der Waals surface area contributed by atoms with Crippen LogP contribution in [0.2, 0.25) is 0 Å². The standard InChI is InChI=1S/C13H26N6/c1-4-7-15-11-10-12(18-13(14)17-11)16-8-9-19(5-2)6-3/h10H,4-9H2,1-3H3,(H4,14,15,16,17,18). The Morgan fingerprint density at radius 3 is 2.16 bits per heavy atom. The van der Waals surface area contributed by atoms with Crippen LogP contribution >= 0.6 is 0 Å². The average molecular weight is 266 g/mol. The Hall–Kier alpha value is -1.56. The van der Waals surface area contributed by atoms with Crippen LogP contribution in [0.15, 0.2) is 6.07 Å². The second-order valence-corrected chi connectivity index (χ2v) is 4.38. The SMILES string of the molecule is CCCNc1cc(NCCN(CC)CC)nc(N)n1. The molecule has 0 radical (unpaired) electrons. The molecule has 4 N–H and O–H groups in total. The zero-order valence-corrected chi connectivity index (χ0v) is 12.2. The topological polar surface area (TPSA) is 79.1 Å². The molecule has 0 aliphatic heterocycles. The van der Waals surface area contributed by atoms with Crippen LogP contribution in [0, 0.1) is 0 Å². The van der Waals surface area contributed by atoms with Gasteiger partial charge in [-0.1, -0.05) is 20.8 Å². The third-order valence-corrected chi connectivity index (χ3v) is 2.93. The van der Waals surface area contributed by atoms with Crippen molar-refractivity contribution in [3.8, 4) is 0 Å². The monoisotopic (exact) mass is 266 g/mol. The highest BCUT2D eigenvalue weighted by Crippen LogP contribution is 2.12. The molecule has 0 bridgehead atoms. The molecule has 6 heteroatoms. The van der Waals surface area contributed by atoms with Crippen LogP contribution in [-0.2, 0) is 0 Å². The predicted octanol–water partition coefficient (Wildman–Crippen LogP) is 1.63. The van der Waals surface area contributed by atoms with Gasteiger partial charge in [0.2, 0.25) is 5.95 Å². The van der Waals surface area contributed by atoms with Crippen LogP contribution in [0.4, 0.5) is 17.6 Å². The van der Waals surface area contributed by atoms with E-state index >= 15 is 0 Å². The second-order valence-electron chi connectivity index (χ2n) is 4.38. The minimum absolute atomic E-state index is 0.298. The lowest BCUT2D eigenvalue weighted by Gasteiger charge is -2.18. The van der Waals surface area contributed by atoms with E-state index in [1.165, 1.54) is 0 Å². The summed E-state index contributed by atoms with van der Waals surface area (Å²) in [6.45, 7) is 11.3. The number of nitrogens with zero attached hydrogens (tertiary/aromatic N) is 3. The lowest BCUT2D eigenvalue weighted by Crippen LogP contribution is -2.28. The van der Waals surface area contributed by atoms with Crippen molar-refractivity contribution in [2.75, 3.05) is 49.1 Å². The summed E-state index contributed by atoms with van der Waals surface area (Å²) in [7, 11) is 0. The molecule has 1 aromatic rings. The average Bonchev–Trinajstić information content (AvgIpc) is 2.41. The summed E-state index contributed by atoms with van der Waals surface area (Å²) in [6.07, 6.45) is 1.05. The fourth-order valence-corrected chi connectivity index (χ4v) is 1.78. The molecule has 1 heterocycles. The van der Waals surface area contributed by atoms with Gasteiger partial charge in [0.15, 0.2) is 0 Å². The first kappa shape index (κ1) is 15.5. The fourth-order valence-electron chi connectivity index (χ4n) is 1.78. The van der Waals surface area contributed by atoms with Crippen molar-refractivity contribution >= 4 is 17.6 Å². The molecule has 0 aliphatic rings. The molecule has 0 saturated heterocycles. The quantitative estimate of drug-likeness (QED) is 0.630. The third kappa shape index (κ3) is 5.74. The molecule has 1 rings (SSSR count). The van der Waals surface area contributed by atoms with Gasteiger partial charge in [0.1, 0.15) is 11.6 Å². The van der Waals surface area contributed by atoms with Crippen molar-refractivity contribution in [1.29, 1.82) is 0 Å². The zero-order valence-electron chi connectivity index (χ0n) is 12.2. The highest BCUT2D eigenvalue weighted by atomic mass is 15.2. The first-order valence-electron chi connectivity index (χ1n) is 7.04. The van der Waals surface area contributed by atoms with Gasteiger partial charge in [0.05, 0.1) is 0 Å². The number of nitrogens with one attached hydrogen (secondary N) is 2. The molecule has 1 aromatic heterocycles. The van der Waals surface area contributed by atoms with Gasteiger partial charge in [-0.15, -0.1) is 0 Å². The Balaban J connectivity index is 2.50. The van der Waals surface area contributed by atoms with Crippen molar-refractivity contribution in [3.05, 3.63) is 6.07 Å². The van der Waals surface area contributed by atoms with E-state index in [0.29, 0.717) is 5.95 Å². The molecule has 6 nitrogen and oxygen atoms in total. The van der Waals surface area contributed by atoms with Crippen molar-refractivity contribution < 1.29 is 0 Å². The summed E-state index contributed by atoms with van der Waals surface area (Å²) < 4.78 is 0. The van der Waals surface area contributed by atoms with E-state index in [0.717, 1.165) is 50.8 Å². The molecule has 0 aromatic carbocycles. The molecular formula is C13H26N6. The number of nitrogen functional groups attached to an aromatic ring is 1. The van der Waals surface area contributed by atoms with Gasteiger partial charge >= 0.3 is 0 Å². The first-order valence-corrected chi connectivity index (χ1v) is 7.04. The molecule has 0 amide bonds. The van der Waals surface area contributed by atoms with E-state index in [4.69, 9.17) is 5.73 Å². The summed E-state index contributed by atoms with van der Waals surface area (Å²) >= 11 is 0. The summed E-state index contributed by atoms with van der Waals surface area (Å²) in [6, 6.07) is 1.90. The van der Waals surface area contributed by atoms with Crippen molar-refractivity contribution in [2.24, 2.45) is 0 Å². The number of rotatable bonds is 9. The third-order valence-electron chi connectivity index (χ3n) is 2.93. The number of anilines is 3. The van der Waals surface area contributed by atoms with Gasteiger partial charge in [0, 0.05) is 25.7 Å². The van der Waals surface area contributed by atoms with Gasteiger partial charge in [0.25, 0.3) is 0 Å². The largest absolute Gasteiger partial charge is 0.370 e. The van der Waals surface area contributed by atoms with E-state index in [9.17, 15) is 0 Å². The Morgan fingerprint density at radius 2 is 1.63 bits per heavy atom. The normalized spacial score (nSPS) is 10.7. The Bertz CT molecular complexity index is 364. The number of likely N-dealkylation sites (N-methyl/N-ethyl adjacent to an activating group) is 1. The number of hydrogen-bond donors (Lipinski definition) is 3. The molecule has 0 saturated carbocycles. The maximum absolute atomic E-state index is 5.70. The van der Waals surface area contributed by atoms with Crippen LogP contribution in [0.3, 0.4) is 0 Å². The Kier molecular flexibility index (Phi) is 6.95. The van der Waals surface area contributed by atoms with Gasteiger partial charge in [-0.25, -0.2) is 0 Å². The summed E-state index contributed by atoms with van der Waals surface area (Å²) in [5.41, 5.74) is 5.70. The van der Waals surface area contributed by atoms with Crippen LogP contribution in [0.5, 0.6) is 0 Å². The van der Waals surface area contributed by atoms with Crippen LogP contribution < -0.4 is 16.4 Å². The number of nitrogens with two attached hydrogens (primary N) is 1. The number of hydrogen-bond acceptors (Lipinski definition) is 6. The van der Waals surface area contributed by atoms with Gasteiger partial charge in [-0.2, -0.15) is 9.97 Å². The molecule has 19 heavy (non-hydrogen) atoms. The van der Waals surface area contributed by atoms with Crippen molar-refractivity contribution in [1.82, 2.24) is 14.9 Å². The molecule has 0 unspecified atom stereocenters. The second kappa shape index (κ2) is 8.53. The smallest absolute Gasteiger partial charge is 0.223 e. The maximum Gasteiger partial charge on any atom is 0.223 e. The maximum atomic E-state index is 5.70. The van der Waals surface area contributed by atoms with Gasteiger partial charge in [-0.05, 0) is 19.5 Å². The molecule has 108 valence electrons. The summed E-state index contributed by atoms with van der Waals surface area (Å²) in [5.74, 6) is 1.85. The van der Waals surface area contributed by atoms with Crippen LogP contribution in [0.1, 0.15) is 27.2 Å². The van der Waals surface area contributed by atoms with E-state index in [1.807, 2.05) is 6.07 Å². The van der Waals surface area contributed by atoms with E-state index in [-0.39, 0.29) is 0 Å². The van der Waals surface area contributed by atoms with Crippen molar-refractivity contribution in [2.45, 2.75) is 27.2 Å². The highest BCUT2D eigenvalue weighted by Gasteiger charge is 2.03. The highest BCUT2D eigenvalue weighted by molar-refractivity contribution is 5.50. The molecule has 0 spiro atoms. The summed E-state index contributed by atoms with van der Waals surface area (Å²) in [5, 5.41) is 6.50. The van der Waals surface area contributed by atoms with E-state index in [2.05, 4.69) is 46.3 Å². The lowest BCUT2D eigenvalue weighted by molar-refractivity contribution is 0.316.